The number of nitrogen functional groups attached to an aromatic ring is 1. The van der Waals surface area contributed by atoms with Gasteiger partial charge in [0.15, 0.2) is 0 Å². The molecule has 0 bridgehead atoms. The van der Waals surface area contributed by atoms with Crippen molar-refractivity contribution in [3.05, 3.63) is 41.1 Å². The van der Waals surface area contributed by atoms with Crippen LogP contribution in [0, 0.1) is 0 Å². The Morgan fingerprint density at radius 2 is 2.12 bits per heavy atom. The predicted octanol–water partition coefficient (Wildman–Crippen LogP) is 2.97. The van der Waals surface area contributed by atoms with E-state index >= 15 is 0 Å². The number of carbonyl (C=O) groups is 1. The van der Waals surface area contributed by atoms with Crippen molar-refractivity contribution in [3.63, 3.8) is 0 Å². The fourth-order valence-electron chi connectivity index (χ4n) is 1.42. The molecule has 0 amide bonds. The molecule has 17 heavy (non-hydrogen) atoms. The van der Waals surface area contributed by atoms with Crippen molar-refractivity contribution in [2.45, 2.75) is 0 Å². The largest absolute Gasteiger partial charge is 0.463 e. The predicted molar refractivity (Wildman–Crippen MR) is 64.9 cm³/mol. The minimum absolute atomic E-state index is 0.126. The molecule has 1 aromatic heterocycles. The van der Waals surface area contributed by atoms with Crippen molar-refractivity contribution in [1.29, 1.82) is 0 Å². The van der Waals surface area contributed by atoms with Gasteiger partial charge in [-0.15, -0.1) is 0 Å². The Hall–Kier alpha value is -1.94. The van der Waals surface area contributed by atoms with Crippen LogP contribution in [0.2, 0.25) is 5.02 Å². The molecule has 2 aromatic rings. The minimum atomic E-state index is -0.531. The van der Waals surface area contributed by atoms with E-state index in [-0.39, 0.29) is 5.76 Å². The average molecular weight is 252 g/mol. The Morgan fingerprint density at radius 3 is 2.82 bits per heavy atom. The highest BCUT2D eigenvalue weighted by atomic mass is 35.5. The van der Waals surface area contributed by atoms with E-state index in [4.69, 9.17) is 21.8 Å². The second-order valence-corrected chi connectivity index (χ2v) is 3.80. The Kier molecular flexibility index (Phi) is 3.06. The molecule has 0 radical (unpaired) electrons. The van der Waals surface area contributed by atoms with E-state index in [1.165, 1.54) is 13.2 Å². The summed E-state index contributed by atoms with van der Waals surface area (Å²) in [6.07, 6.45) is 0. The molecule has 1 aromatic carbocycles. The van der Waals surface area contributed by atoms with Gasteiger partial charge < -0.3 is 14.9 Å². The SMILES string of the molecule is COC(=O)c1ccc(-c2cc(N)ccc2Cl)o1. The maximum atomic E-state index is 11.2. The van der Waals surface area contributed by atoms with Gasteiger partial charge in [0, 0.05) is 11.3 Å². The van der Waals surface area contributed by atoms with Gasteiger partial charge >= 0.3 is 5.97 Å². The fraction of sp³-hybridized carbons (Fsp3) is 0.0833. The number of carbonyl (C=O) groups excluding carboxylic acids is 1. The highest BCUT2D eigenvalue weighted by Crippen LogP contribution is 2.31. The summed E-state index contributed by atoms with van der Waals surface area (Å²) in [4.78, 5) is 11.2. The van der Waals surface area contributed by atoms with E-state index in [9.17, 15) is 4.79 Å². The quantitative estimate of drug-likeness (QED) is 0.658. The smallest absolute Gasteiger partial charge is 0.373 e. The molecular weight excluding hydrogens is 242 g/mol. The summed E-state index contributed by atoms with van der Waals surface area (Å²) in [7, 11) is 1.29. The van der Waals surface area contributed by atoms with Crippen LogP contribution >= 0.6 is 11.6 Å². The van der Waals surface area contributed by atoms with Crippen molar-refractivity contribution in [1.82, 2.24) is 0 Å². The molecule has 0 saturated carbocycles. The van der Waals surface area contributed by atoms with Gasteiger partial charge in [0.25, 0.3) is 0 Å². The third-order valence-corrected chi connectivity index (χ3v) is 2.58. The van der Waals surface area contributed by atoms with E-state index < -0.39 is 5.97 Å². The summed E-state index contributed by atoms with van der Waals surface area (Å²) in [5.74, 6) is 0.0694. The molecule has 0 saturated heterocycles. The van der Waals surface area contributed by atoms with Crippen LogP contribution in [0.15, 0.2) is 34.7 Å². The fourth-order valence-corrected chi connectivity index (χ4v) is 1.64. The molecule has 0 unspecified atom stereocenters. The van der Waals surface area contributed by atoms with Gasteiger partial charge in [-0.25, -0.2) is 4.79 Å². The zero-order valence-electron chi connectivity index (χ0n) is 9.07. The maximum Gasteiger partial charge on any atom is 0.373 e. The van der Waals surface area contributed by atoms with Gasteiger partial charge in [-0.2, -0.15) is 0 Å². The summed E-state index contributed by atoms with van der Waals surface area (Å²) in [5, 5.41) is 0.505. The normalized spacial score (nSPS) is 10.2. The van der Waals surface area contributed by atoms with Gasteiger partial charge in [-0.3, -0.25) is 0 Å². The van der Waals surface area contributed by atoms with Gasteiger partial charge in [0.1, 0.15) is 5.76 Å². The average Bonchev–Trinajstić information content (AvgIpc) is 2.80. The molecule has 0 aliphatic rings. The molecule has 0 aliphatic heterocycles. The number of hydrogen-bond donors (Lipinski definition) is 1. The number of nitrogens with two attached hydrogens (primary N) is 1. The zero-order valence-corrected chi connectivity index (χ0v) is 9.82. The Morgan fingerprint density at radius 1 is 1.35 bits per heavy atom. The maximum absolute atomic E-state index is 11.2. The molecule has 1 heterocycles. The lowest BCUT2D eigenvalue weighted by atomic mass is 10.1. The number of methoxy groups -OCH3 is 1. The van der Waals surface area contributed by atoms with Crippen LogP contribution in [0.25, 0.3) is 11.3 Å². The summed E-state index contributed by atoms with van der Waals surface area (Å²) < 4.78 is 9.89. The van der Waals surface area contributed by atoms with Crippen LogP contribution in [-0.4, -0.2) is 13.1 Å². The van der Waals surface area contributed by atoms with E-state index in [0.29, 0.717) is 22.0 Å². The first-order valence-corrected chi connectivity index (χ1v) is 5.23. The number of halogens is 1. The standard InChI is InChI=1S/C12H10ClNO3/c1-16-12(15)11-5-4-10(17-11)8-6-7(14)2-3-9(8)13/h2-6H,14H2,1H3. The van der Waals surface area contributed by atoms with Crippen molar-refractivity contribution >= 4 is 23.3 Å². The van der Waals surface area contributed by atoms with E-state index in [1.807, 2.05) is 0 Å². The number of hydrogen-bond acceptors (Lipinski definition) is 4. The minimum Gasteiger partial charge on any atom is -0.463 e. The van der Waals surface area contributed by atoms with E-state index in [1.54, 1.807) is 24.3 Å². The number of benzene rings is 1. The molecule has 4 nitrogen and oxygen atoms in total. The molecule has 0 aliphatic carbocycles. The number of ether oxygens (including phenoxy) is 1. The Balaban J connectivity index is 2.43. The molecule has 0 spiro atoms. The van der Waals surface area contributed by atoms with Crippen molar-refractivity contribution in [2.75, 3.05) is 12.8 Å². The second kappa shape index (κ2) is 4.51. The van der Waals surface area contributed by atoms with Crippen molar-refractivity contribution < 1.29 is 13.9 Å². The van der Waals surface area contributed by atoms with Gasteiger partial charge in [0.2, 0.25) is 5.76 Å². The molecule has 2 rings (SSSR count). The number of anilines is 1. The van der Waals surface area contributed by atoms with Crippen LogP contribution in [0.5, 0.6) is 0 Å². The Bertz CT molecular complexity index is 563. The molecular formula is C12H10ClNO3. The van der Waals surface area contributed by atoms with Gasteiger partial charge in [0.05, 0.1) is 12.1 Å². The molecule has 0 fully saturated rings. The number of esters is 1. The molecule has 88 valence electrons. The summed E-state index contributed by atoms with van der Waals surface area (Å²) in [6, 6.07) is 8.22. The van der Waals surface area contributed by atoms with Crippen LogP contribution in [0.1, 0.15) is 10.6 Å². The first-order chi connectivity index (χ1) is 8.11. The van der Waals surface area contributed by atoms with Crippen LogP contribution in [-0.2, 0) is 4.74 Å². The van der Waals surface area contributed by atoms with Crippen molar-refractivity contribution in [3.8, 4) is 11.3 Å². The lowest BCUT2D eigenvalue weighted by Gasteiger charge is -2.02. The van der Waals surface area contributed by atoms with Crippen molar-refractivity contribution in [2.24, 2.45) is 0 Å². The number of rotatable bonds is 2. The summed E-state index contributed by atoms with van der Waals surface area (Å²) in [6.45, 7) is 0. The molecule has 2 N–H and O–H groups in total. The lowest BCUT2D eigenvalue weighted by Crippen LogP contribution is -1.98. The second-order valence-electron chi connectivity index (χ2n) is 3.39. The van der Waals surface area contributed by atoms with Gasteiger partial charge in [-0.1, -0.05) is 11.6 Å². The molecule has 5 heteroatoms. The van der Waals surface area contributed by atoms with Gasteiger partial charge in [-0.05, 0) is 30.3 Å². The first-order valence-electron chi connectivity index (χ1n) is 4.85. The zero-order chi connectivity index (χ0) is 12.4. The third kappa shape index (κ3) is 2.26. The monoisotopic (exact) mass is 251 g/mol. The topological polar surface area (TPSA) is 65.5 Å². The number of furan rings is 1. The summed E-state index contributed by atoms with van der Waals surface area (Å²) in [5.41, 5.74) is 6.88. The third-order valence-electron chi connectivity index (χ3n) is 2.25. The lowest BCUT2D eigenvalue weighted by molar-refractivity contribution is 0.0566. The van der Waals surface area contributed by atoms with Crippen LogP contribution in [0.3, 0.4) is 0 Å². The van der Waals surface area contributed by atoms with E-state index in [2.05, 4.69) is 4.74 Å². The summed E-state index contributed by atoms with van der Waals surface area (Å²) >= 11 is 6.02. The Labute approximate surface area is 103 Å². The molecule has 0 atom stereocenters. The van der Waals surface area contributed by atoms with E-state index in [0.717, 1.165) is 0 Å². The van der Waals surface area contributed by atoms with Crippen LogP contribution in [0.4, 0.5) is 5.69 Å². The first kappa shape index (κ1) is 11.5. The van der Waals surface area contributed by atoms with Crippen LogP contribution < -0.4 is 5.73 Å². The highest BCUT2D eigenvalue weighted by molar-refractivity contribution is 6.33. The highest BCUT2D eigenvalue weighted by Gasteiger charge is 2.14.